The van der Waals surface area contributed by atoms with Gasteiger partial charge in [0.15, 0.2) is 0 Å². The lowest BCUT2D eigenvalue weighted by molar-refractivity contribution is 0.477. The Hall–Kier alpha value is -1.02. The van der Waals surface area contributed by atoms with E-state index in [1.165, 1.54) is 0 Å². The standard InChI is InChI=1S/C11H9BrO/c1-7-2-3-8-6-9(12)4-5-10(8)11(7)13/h2-6,13H,1H3. The number of aryl methyl sites for hydroxylation is 1. The van der Waals surface area contributed by atoms with E-state index in [0.29, 0.717) is 5.75 Å². The van der Waals surface area contributed by atoms with Crippen LogP contribution in [0.25, 0.3) is 10.8 Å². The average molecular weight is 237 g/mol. The van der Waals surface area contributed by atoms with E-state index in [-0.39, 0.29) is 0 Å². The molecule has 0 aliphatic heterocycles. The molecule has 1 nitrogen and oxygen atoms in total. The molecule has 0 amide bonds. The zero-order valence-electron chi connectivity index (χ0n) is 7.21. The summed E-state index contributed by atoms with van der Waals surface area (Å²) in [6.45, 7) is 1.90. The number of hydrogen-bond donors (Lipinski definition) is 1. The summed E-state index contributed by atoms with van der Waals surface area (Å²) < 4.78 is 1.03. The first-order valence-electron chi connectivity index (χ1n) is 4.06. The van der Waals surface area contributed by atoms with Crippen LogP contribution in [0.4, 0.5) is 0 Å². The Morgan fingerprint density at radius 3 is 2.69 bits per heavy atom. The van der Waals surface area contributed by atoms with Crippen LogP contribution in [0, 0.1) is 6.92 Å². The number of rotatable bonds is 0. The third-order valence-corrected chi connectivity index (χ3v) is 2.65. The summed E-state index contributed by atoms with van der Waals surface area (Å²) in [7, 11) is 0. The van der Waals surface area contributed by atoms with Crippen molar-refractivity contribution in [2.24, 2.45) is 0 Å². The Morgan fingerprint density at radius 2 is 1.92 bits per heavy atom. The van der Waals surface area contributed by atoms with Crippen molar-refractivity contribution in [3.63, 3.8) is 0 Å². The second-order valence-electron chi connectivity index (χ2n) is 3.10. The molecule has 0 radical (unpaired) electrons. The second kappa shape index (κ2) is 3.04. The molecule has 0 atom stereocenters. The van der Waals surface area contributed by atoms with Gasteiger partial charge in [0.25, 0.3) is 0 Å². The predicted octanol–water partition coefficient (Wildman–Crippen LogP) is 3.62. The monoisotopic (exact) mass is 236 g/mol. The van der Waals surface area contributed by atoms with E-state index >= 15 is 0 Å². The molecule has 66 valence electrons. The molecular weight excluding hydrogens is 228 g/mol. The van der Waals surface area contributed by atoms with Crippen LogP contribution in [0.5, 0.6) is 5.75 Å². The molecule has 0 bridgehead atoms. The van der Waals surface area contributed by atoms with Crippen molar-refractivity contribution in [2.75, 3.05) is 0 Å². The van der Waals surface area contributed by atoms with E-state index in [9.17, 15) is 5.11 Å². The highest BCUT2D eigenvalue weighted by Crippen LogP contribution is 2.29. The largest absolute Gasteiger partial charge is 0.507 e. The quantitative estimate of drug-likeness (QED) is 0.741. The van der Waals surface area contributed by atoms with Crippen molar-refractivity contribution in [1.82, 2.24) is 0 Å². The van der Waals surface area contributed by atoms with Crippen LogP contribution in [-0.2, 0) is 0 Å². The SMILES string of the molecule is Cc1ccc2cc(Br)ccc2c1O. The maximum Gasteiger partial charge on any atom is 0.126 e. The van der Waals surface area contributed by atoms with Crippen LogP contribution in [0.1, 0.15) is 5.56 Å². The van der Waals surface area contributed by atoms with Gasteiger partial charge >= 0.3 is 0 Å². The molecule has 0 aromatic heterocycles. The predicted molar refractivity (Wildman–Crippen MR) is 58.0 cm³/mol. The van der Waals surface area contributed by atoms with Gasteiger partial charge in [-0.1, -0.05) is 28.1 Å². The number of benzene rings is 2. The molecule has 0 saturated carbocycles. The second-order valence-corrected chi connectivity index (χ2v) is 4.01. The van der Waals surface area contributed by atoms with Gasteiger partial charge in [0.1, 0.15) is 5.75 Å². The lowest BCUT2D eigenvalue weighted by atomic mass is 10.1. The fourth-order valence-electron chi connectivity index (χ4n) is 1.39. The molecule has 2 aromatic carbocycles. The van der Waals surface area contributed by atoms with Crippen LogP contribution < -0.4 is 0 Å². The Kier molecular flexibility index (Phi) is 2.00. The van der Waals surface area contributed by atoms with Gasteiger partial charge in [-0.25, -0.2) is 0 Å². The van der Waals surface area contributed by atoms with E-state index in [4.69, 9.17) is 0 Å². The molecule has 0 saturated heterocycles. The molecule has 1 N–H and O–H groups in total. The molecule has 0 heterocycles. The first kappa shape index (κ1) is 8.57. The molecule has 0 aliphatic rings. The van der Waals surface area contributed by atoms with Crippen LogP contribution in [-0.4, -0.2) is 5.11 Å². The van der Waals surface area contributed by atoms with Gasteiger partial charge in [-0.3, -0.25) is 0 Å². The summed E-state index contributed by atoms with van der Waals surface area (Å²) in [5.41, 5.74) is 0.912. The number of aromatic hydroxyl groups is 1. The van der Waals surface area contributed by atoms with Crippen molar-refractivity contribution in [2.45, 2.75) is 6.92 Å². The number of phenols is 1. The zero-order chi connectivity index (χ0) is 9.42. The summed E-state index contributed by atoms with van der Waals surface area (Å²) in [5, 5.41) is 11.7. The van der Waals surface area contributed by atoms with Gasteiger partial charge < -0.3 is 5.11 Å². The summed E-state index contributed by atoms with van der Waals surface area (Å²) in [6, 6.07) is 9.77. The lowest BCUT2D eigenvalue weighted by Crippen LogP contribution is -1.78. The van der Waals surface area contributed by atoms with E-state index in [2.05, 4.69) is 15.9 Å². The van der Waals surface area contributed by atoms with Gasteiger partial charge in [-0.2, -0.15) is 0 Å². The first-order valence-corrected chi connectivity index (χ1v) is 4.85. The number of phenolic OH excluding ortho intramolecular Hbond substituents is 1. The van der Waals surface area contributed by atoms with Crippen LogP contribution in [0.15, 0.2) is 34.8 Å². The van der Waals surface area contributed by atoms with Gasteiger partial charge in [-0.15, -0.1) is 0 Å². The molecule has 0 aliphatic carbocycles. The van der Waals surface area contributed by atoms with E-state index < -0.39 is 0 Å². The Bertz CT molecular complexity index is 463. The third-order valence-electron chi connectivity index (χ3n) is 2.16. The first-order chi connectivity index (χ1) is 6.18. The highest BCUT2D eigenvalue weighted by Gasteiger charge is 2.02. The Balaban J connectivity index is 2.87. The lowest BCUT2D eigenvalue weighted by Gasteiger charge is -2.03. The molecule has 2 rings (SSSR count). The molecule has 0 unspecified atom stereocenters. The zero-order valence-corrected chi connectivity index (χ0v) is 8.80. The summed E-state index contributed by atoms with van der Waals surface area (Å²) in [5.74, 6) is 0.380. The third kappa shape index (κ3) is 1.42. The van der Waals surface area contributed by atoms with E-state index in [1.807, 2.05) is 37.3 Å². The summed E-state index contributed by atoms with van der Waals surface area (Å²) in [6.07, 6.45) is 0. The maximum absolute atomic E-state index is 9.73. The molecule has 0 fully saturated rings. The van der Waals surface area contributed by atoms with Crippen molar-refractivity contribution in [3.8, 4) is 5.75 Å². The van der Waals surface area contributed by atoms with Crippen LogP contribution in [0.3, 0.4) is 0 Å². The highest BCUT2D eigenvalue weighted by atomic mass is 79.9. The molecule has 2 aromatic rings. The smallest absolute Gasteiger partial charge is 0.126 e. The summed E-state index contributed by atoms with van der Waals surface area (Å²) in [4.78, 5) is 0. The van der Waals surface area contributed by atoms with Gasteiger partial charge in [-0.05, 0) is 36.1 Å². The van der Waals surface area contributed by atoms with Gasteiger partial charge in [0.05, 0.1) is 0 Å². The molecule has 2 heteroatoms. The Morgan fingerprint density at radius 1 is 1.15 bits per heavy atom. The van der Waals surface area contributed by atoms with Crippen LogP contribution >= 0.6 is 15.9 Å². The fourth-order valence-corrected chi connectivity index (χ4v) is 1.77. The molecule has 13 heavy (non-hydrogen) atoms. The fraction of sp³-hybridized carbons (Fsp3) is 0.0909. The van der Waals surface area contributed by atoms with Gasteiger partial charge in [0, 0.05) is 9.86 Å². The average Bonchev–Trinajstić information content (AvgIpc) is 2.12. The minimum atomic E-state index is 0.380. The van der Waals surface area contributed by atoms with Crippen molar-refractivity contribution in [1.29, 1.82) is 0 Å². The molecular formula is C11H9BrO. The highest BCUT2D eigenvalue weighted by molar-refractivity contribution is 9.10. The topological polar surface area (TPSA) is 20.2 Å². The molecule has 0 spiro atoms. The van der Waals surface area contributed by atoms with Crippen LogP contribution in [0.2, 0.25) is 0 Å². The normalized spacial score (nSPS) is 10.6. The number of fused-ring (bicyclic) bond motifs is 1. The maximum atomic E-state index is 9.73. The summed E-state index contributed by atoms with van der Waals surface area (Å²) >= 11 is 3.39. The minimum Gasteiger partial charge on any atom is -0.507 e. The van der Waals surface area contributed by atoms with E-state index in [1.54, 1.807) is 0 Å². The van der Waals surface area contributed by atoms with Crippen molar-refractivity contribution in [3.05, 3.63) is 40.4 Å². The van der Waals surface area contributed by atoms with Gasteiger partial charge in [0.2, 0.25) is 0 Å². The number of halogens is 1. The van der Waals surface area contributed by atoms with E-state index in [0.717, 1.165) is 20.8 Å². The number of hydrogen-bond acceptors (Lipinski definition) is 1. The minimum absolute atomic E-state index is 0.380. The van der Waals surface area contributed by atoms with Crippen molar-refractivity contribution < 1.29 is 5.11 Å². The van der Waals surface area contributed by atoms with Crippen molar-refractivity contribution >= 4 is 26.7 Å². The Labute approximate surface area is 85.1 Å².